The second-order valence-corrected chi connectivity index (χ2v) is 12.2. The van der Waals surface area contributed by atoms with E-state index in [9.17, 15) is 0 Å². The Bertz CT molecular complexity index is 1340. The van der Waals surface area contributed by atoms with Gasteiger partial charge in [-0.25, -0.2) is 0 Å². The predicted molar refractivity (Wildman–Crippen MR) is 140 cm³/mol. The van der Waals surface area contributed by atoms with Crippen LogP contribution in [-0.2, 0) is 20.1 Å². The van der Waals surface area contributed by atoms with E-state index in [2.05, 4.69) is 59.5 Å². The maximum atomic E-state index is 6.40. The van der Waals surface area contributed by atoms with E-state index in [1.165, 1.54) is 10.8 Å². The minimum absolute atomic E-state index is 0. The van der Waals surface area contributed by atoms with Crippen molar-refractivity contribution < 1.29 is 24.5 Å². The van der Waals surface area contributed by atoms with E-state index in [0.29, 0.717) is 0 Å². The summed E-state index contributed by atoms with van der Waals surface area (Å²) >= 11 is 0. The monoisotopic (exact) mass is 649 g/mol. The van der Waals surface area contributed by atoms with Gasteiger partial charge in [-0.2, -0.15) is 0 Å². The predicted octanol–water partition coefficient (Wildman–Crippen LogP) is 6.57. The molecule has 175 valence electrons. The van der Waals surface area contributed by atoms with Crippen molar-refractivity contribution in [2.24, 2.45) is 0 Å². The molecule has 0 spiro atoms. The summed E-state index contributed by atoms with van der Waals surface area (Å²) in [6, 6.07) is 38.6. The molecule has 0 unspecified atom stereocenters. The first-order valence-corrected chi connectivity index (χ1v) is 14.2. The Hall–Kier alpha value is -3.37. The molecule has 5 heteroatoms. The van der Waals surface area contributed by atoms with Gasteiger partial charge in [0, 0.05) is 38.1 Å². The van der Waals surface area contributed by atoms with Gasteiger partial charge in [0.1, 0.15) is 5.75 Å². The zero-order chi connectivity index (χ0) is 23.4. The van der Waals surface area contributed by atoms with Gasteiger partial charge in [-0.15, -0.1) is 59.7 Å². The van der Waals surface area contributed by atoms with Crippen LogP contribution in [0, 0.1) is 12.1 Å². The molecule has 1 aliphatic rings. The molecule has 0 N–H and O–H groups in total. The van der Waals surface area contributed by atoms with Gasteiger partial charge in [0.05, 0.1) is 0 Å². The summed E-state index contributed by atoms with van der Waals surface area (Å²) in [4.78, 5) is 8.73. The topological polar surface area (TPSA) is 35.0 Å². The van der Waals surface area contributed by atoms with Crippen LogP contribution in [0.2, 0.25) is 13.1 Å². The number of benzene rings is 3. The number of para-hydroxylation sites is 1. The Balaban J connectivity index is 0.000000189. The number of rotatable bonds is 2. The van der Waals surface area contributed by atoms with Crippen LogP contribution in [0.15, 0.2) is 109 Å². The molecule has 1 radical (unpaired) electrons. The van der Waals surface area contributed by atoms with Gasteiger partial charge < -0.3 is 14.4 Å². The minimum atomic E-state index is -2.06. The molecule has 0 saturated carbocycles. The van der Waals surface area contributed by atoms with E-state index in [1.54, 1.807) is 6.20 Å². The van der Waals surface area contributed by atoms with Crippen LogP contribution in [0.4, 0.5) is 0 Å². The second-order valence-electron chi connectivity index (χ2n) is 8.46. The average Bonchev–Trinajstić information content (AvgIpc) is 2.90. The van der Waals surface area contributed by atoms with Gasteiger partial charge >= 0.3 is 0 Å². The second kappa shape index (κ2) is 10.9. The van der Waals surface area contributed by atoms with Crippen molar-refractivity contribution in [3.8, 4) is 39.4 Å². The van der Waals surface area contributed by atoms with Crippen molar-refractivity contribution in [2.75, 3.05) is 0 Å². The van der Waals surface area contributed by atoms with Gasteiger partial charge in [-0.1, -0.05) is 53.2 Å². The van der Waals surface area contributed by atoms with Crippen LogP contribution in [0.1, 0.15) is 0 Å². The van der Waals surface area contributed by atoms with Gasteiger partial charge in [-0.3, -0.25) is 0 Å². The molecule has 0 aliphatic carbocycles. The zero-order valence-electron chi connectivity index (χ0n) is 19.5. The van der Waals surface area contributed by atoms with Gasteiger partial charge in [-0.05, 0) is 42.7 Å². The summed E-state index contributed by atoms with van der Waals surface area (Å²) in [6.07, 6.45) is 3.62. The molecule has 0 bridgehead atoms. The average molecular weight is 649 g/mol. The van der Waals surface area contributed by atoms with E-state index >= 15 is 0 Å². The molecule has 0 atom stereocenters. The zero-order valence-corrected chi connectivity index (χ0v) is 22.9. The van der Waals surface area contributed by atoms with Crippen LogP contribution < -0.4 is 9.61 Å². The van der Waals surface area contributed by atoms with E-state index in [1.807, 2.05) is 79.0 Å². The van der Waals surface area contributed by atoms with Crippen molar-refractivity contribution >= 4 is 13.5 Å². The first-order chi connectivity index (χ1) is 16.6. The molecule has 0 fully saturated rings. The van der Waals surface area contributed by atoms with Crippen molar-refractivity contribution in [3.05, 3.63) is 122 Å². The SMILES string of the molecule is C[Si]1(C)Oc2ccccc2-c2cc[c-]c(-c3ccccn3)c21.[Ir].[c-]1ccccc1-c1ccccn1. The Morgan fingerprint density at radius 1 is 0.657 bits per heavy atom. The third-order valence-corrected chi connectivity index (χ3v) is 8.17. The van der Waals surface area contributed by atoms with Crippen molar-refractivity contribution in [2.45, 2.75) is 13.1 Å². The number of pyridine rings is 2. The first-order valence-electron chi connectivity index (χ1n) is 11.3. The number of nitrogens with zero attached hydrogens (tertiary/aromatic N) is 2. The molecule has 1 aliphatic heterocycles. The van der Waals surface area contributed by atoms with E-state index < -0.39 is 8.32 Å². The molecule has 3 nitrogen and oxygen atoms in total. The normalized spacial score (nSPS) is 12.5. The molecule has 0 amide bonds. The summed E-state index contributed by atoms with van der Waals surface area (Å²) < 4.78 is 6.40. The molecular weight excluding hydrogens is 625 g/mol. The minimum Gasteiger partial charge on any atom is -0.547 e. The van der Waals surface area contributed by atoms with Crippen molar-refractivity contribution in [1.29, 1.82) is 0 Å². The number of hydrogen-bond acceptors (Lipinski definition) is 3. The van der Waals surface area contributed by atoms with Crippen LogP contribution in [0.5, 0.6) is 5.75 Å². The largest absolute Gasteiger partial charge is 0.547 e. The van der Waals surface area contributed by atoms with E-state index in [4.69, 9.17) is 4.43 Å². The van der Waals surface area contributed by atoms with Crippen LogP contribution in [-0.4, -0.2) is 18.3 Å². The molecule has 0 saturated heterocycles. The fourth-order valence-electron chi connectivity index (χ4n) is 4.24. The van der Waals surface area contributed by atoms with Gasteiger partial charge in [0.25, 0.3) is 0 Å². The molecule has 35 heavy (non-hydrogen) atoms. The summed E-state index contributed by atoms with van der Waals surface area (Å²) in [5, 5.41) is 1.28. The maximum absolute atomic E-state index is 6.40. The Kier molecular flexibility index (Phi) is 7.72. The summed E-state index contributed by atoms with van der Waals surface area (Å²) in [6.45, 7) is 4.48. The van der Waals surface area contributed by atoms with Crippen LogP contribution >= 0.6 is 0 Å². The third kappa shape index (κ3) is 5.33. The molecule has 3 aromatic carbocycles. The number of fused-ring (bicyclic) bond motifs is 3. The molecule has 6 rings (SSSR count). The summed E-state index contributed by atoms with van der Waals surface area (Å²) in [7, 11) is -2.06. The maximum Gasteiger partial charge on any atom is 0.231 e. The Labute approximate surface area is 221 Å². The summed E-state index contributed by atoms with van der Waals surface area (Å²) in [5.41, 5.74) is 6.47. The van der Waals surface area contributed by atoms with Gasteiger partial charge in [0.2, 0.25) is 8.32 Å². The molecule has 3 heterocycles. The van der Waals surface area contributed by atoms with Crippen LogP contribution in [0.3, 0.4) is 0 Å². The molecule has 5 aromatic rings. The van der Waals surface area contributed by atoms with Crippen molar-refractivity contribution in [3.63, 3.8) is 0 Å². The van der Waals surface area contributed by atoms with Crippen LogP contribution in [0.25, 0.3) is 33.6 Å². The third-order valence-electron chi connectivity index (χ3n) is 5.71. The standard InChI is InChI=1S/C19H16NOSi.C11H8N.Ir/c1-22(2)19-15(14-8-3-4-12-18(14)21-22)9-7-10-16(19)17-11-5-6-13-20-17;1-2-6-10(7-3-1)11-8-4-5-9-12-11;/h3-9,11-13H,1-2H3;1-6,8-9H;/q2*-1;. The number of aromatic nitrogens is 2. The fraction of sp³-hybridized carbons (Fsp3) is 0.0667. The van der Waals surface area contributed by atoms with E-state index in [-0.39, 0.29) is 20.1 Å². The fourth-order valence-corrected chi connectivity index (χ4v) is 6.74. The molecule has 2 aromatic heterocycles. The first kappa shape index (κ1) is 24.7. The van der Waals surface area contributed by atoms with Gasteiger partial charge in [0.15, 0.2) is 0 Å². The Morgan fingerprint density at radius 3 is 2.03 bits per heavy atom. The van der Waals surface area contributed by atoms with Crippen molar-refractivity contribution in [1.82, 2.24) is 9.97 Å². The molecular formula is C30H24IrN2OSi-2. The number of hydrogen-bond donors (Lipinski definition) is 0. The smallest absolute Gasteiger partial charge is 0.231 e. The summed E-state index contributed by atoms with van der Waals surface area (Å²) in [5.74, 6) is 0.991. The van der Waals surface area contributed by atoms with E-state index in [0.717, 1.165) is 33.8 Å². The quantitative estimate of drug-likeness (QED) is 0.161. The Morgan fingerprint density at radius 2 is 1.34 bits per heavy atom.